The second-order valence-electron chi connectivity index (χ2n) is 5.99. The van der Waals surface area contributed by atoms with Crippen LogP contribution >= 0.6 is 0 Å². The molecule has 1 amide bonds. The van der Waals surface area contributed by atoms with Crippen LogP contribution in [0.3, 0.4) is 0 Å². The Bertz CT molecular complexity index is 866. The first kappa shape index (κ1) is 16.0. The molecule has 0 saturated heterocycles. The molecule has 0 aliphatic rings. The molecule has 0 aliphatic heterocycles. The summed E-state index contributed by atoms with van der Waals surface area (Å²) in [5.41, 5.74) is 5.81. The van der Waals surface area contributed by atoms with Crippen LogP contribution in [-0.4, -0.2) is 15.7 Å². The molecular formula is C20H21N3O. The van der Waals surface area contributed by atoms with Crippen molar-refractivity contribution in [1.82, 2.24) is 9.78 Å². The fourth-order valence-electron chi connectivity index (χ4n) is 2.84. The van der Waals surface area contributed by atoms with Gasteiger partial charge in [0.1, 0.15) is 0 Å². The molecule has 0 radical (unpaired) electrons. The number of aryl methyl sites for hydroxylation is 2. The van der Waals surface area contributed by atoms with E-state index in [4.69, 9.17) is 0 Å². The van der Waals surface area contributed by atoms with Crippen molar-refractivity contribution in [2.75, 3.05) is 5.32 Å². The lowest BCUT2D eigenvalue weighted by molar-refractivity contribution is -0.115. The van der Waals surface area contributed by atoms with Crippen LogP contribution in [0.25, 0.3) is 5.69 Å². The van der Waals surface area contributed by atoms with Crippen molar-refractivity contribution in [1.29, 1.82) is 0 Å². The lowest BCUT2D eigenvalue weighted by Crippen LogP contribution is -2.15. The number of benzene rings is 2. The van der Waals surface area contributed by atoms with Crippen molar-refractivity contribution in [2.45, 2.75) is 27.2 Å². The number of para-hydroxylation sites is 1. The van der Waals surface area contributed by atoms with Gasteiger partial charge in [0.25, 0.3) is 0 Å². The number of amides is 1. The average Bonchev–Trinajstić information content (AvgIpc) is 2.84. The first-order chi connectivity index (χ1) is 11.5. The first-order valence-electron chi connectivity index (χ1n) is 8.01. The number of anilines is 1. The molecule has 1 heterocycles. The molecular weight excluding hydrogens is 298 g/mol. The van der Waals surface area contributed by atoms with E-state index in [2.05, 4.69) is 10.4 Å². The summed E-state index contributed by atoms with van der Waals surface area (Å²) in [5.74, 6) is -0.0283. The summed E-state index contributed by atoms with van der Waals surface area (Å²) in [7, 11) is 0. The Kier molecular flexibility index (Phi) is 4.47. The Morgan fingerprint density at radius 3 is 2.50 bits per heavy atom. The molecule has 3 rings (SSSR count). The van der Waals surface area contributed by atoms with E-state index in [1.807, 2.05) is 80.1 Å². The van der Waals surface area contributed by atoms with E-state index in [0.29, 0.717) is 6.42 Å². The Morgan fingerprint density at radius 1 is 1.04 bits per heavy atom. The highest BCUT2D eigenvalue weighted by Crippen LogP contribution is 2.19. The standard InChI is InChI=1S/C20H21N3O/c1-14-8-7-9-17(12-14)21-20(24)13-19-15(2)22-23(16(19)3)18-10-5-4-6-11-18/h4-12H,13H2,1-3H3,(H,21,24). The van der Waals surface area contributed by atoms with Gasteiger partial charge in [-0.15, -0.1) is 0 Å². The van der Waals surface area contributed by atoms with Crippen LogP contribution in [0.15, 0.2) is 54.6 Å². The minimum absolute atomic E-state index is 0.0283. The quantitative estimate of drug-likeness (QED) is 0.790. The smallest absolute Gasteiger partial charge is 0.228 e. The number of nitrogens with zero attached hydrogens (tertiary/aromatic N) is 2. The van der Waals surface area contributed by atoms with E-state index < -0.39 is 0 Å². The van der Waals surface area contributed by atoms with Gasteiger partial charge in [0, 0.05) is 16.9 Å². The number of aromatic nitrogens is 2. The van der Waals surface area contributed by atoms with Gasteiger partial charge in [-0.25, -0.2) is 4.68 Å². The number of carbonyl (C=O) groups is 1. The zero-order chi connectivity index (χ0) is 17.1. The minimum Gasteiger partial charge on any atom is -0.326 e. The molecule has 0 spiro atoms. The number of hydrogen-bond donors (Lipinski definition) is 1. The van der Waals surface area contributed by atoms with Crippen LogP contribution in [0.1, 0.15) is 22.5 Å². The SMILES string of the molecule is Cc1cccc(NC(=O)Cc2c(C)nn(-c3ccccc3)c2C)c1. The minimum atomic E-state index is -0.0283. The van der Waals surface area contributed by atoms with Crippen LogP contribution < -0.4 is 5.32 Å². The molecule has 4 nitrogen and oxygen atoms in total. The molecule has 1 aromatic heterocycles. The second kappa shape index (κ2) is 6.71. The van der Waals surface area contributed by atoms with Crippen molar-refractivity contribution in [3.8, 4) is 5.69 Å². The summed E-state index contributed by atoms with van der Waals surface area (Å²) < 4.78 is 1.89. The van der Waals surface area contributed by atoms with Crippen molar-refractivity contribution >= 4 is 11.6 Å². The van der Waals surface area contributed by atoms with Crippen molar-refractivity contribution < 1.29 is 4.79 Å². The molecule has 122 valence electrons. The van der Waals surface area contributed by atoms with Gasteiger partial charge in [-0.05, 0) is 50.6 Å². The highest BCUT2D eigenvalue weighted by molar-refractivity contribution is 5.92. The van der Waals surface area contributed by atoms with Gasteiger partial charge in [-0.3, -0.25) is 4.79 Å². The van der Waals surface area contributed by atoms with Gasteiger partial charge in [-0.2, -0.15) is 5.10 Å². The maximum Gasteiger partial charge on any atom is 0.228 e. The Morgan fingerprint density at radius 2 is 1.79 bits per heavy atom. The molecule has 2 aromatic carbocycles. The topological polar surface area (TPSA) is 46.9 Å². The zero-order valence-corrected chi connectivity index (χ0v) is 14.2. The highest BCUT2D eigenvalue weighted by Gasteiger charge is 2.16. The van der Waals surface area contributed by atoms with Crippen LogP contribution in [0.5, 0.6) is 0 Å². The van der Waals surface area contributed by atoms with Gasteiger partial charge in [-0.1, -0.05) is 30.3 Å². The molecule has 0 bridgehead atoms. The molecule has 3 aromatic rings. The van der Waals surface area contributed by atoms with Crippen molar-refractivity contribution in [3.05, 3.63) is 77.1 Å². The molecule has 0 saturated carbocycles. The predicted octanol–water partition coefficient (Wildman–Crippen LogP) is 3.98. The molecule has 24 heavy (non-hydrogen) atoms. The van der Waals surface area contributed by atoms with Gasteiger partial charge in [0.05, 0.1) is 17.8 Å². The molecule has 0 aliphatic carbocycles. The summed E-state index contributed by atoms with van der Waals surface area (Å²) in [5, 5.41) is 7.55. The monoisotopic (exact) mass is 319 g/mol. The summed E-state index contributed by atoms with van der Waals surface area (Å²) in [6, 6.07) is 17.8. The first-order valence-corrected chi connectivity index (χ1v) is 8.01. The van der Waals surface area contributed by atoms with E-state index in [-0.39, 0.29) is 5.91 Å². The summed E-state index contributed by atoms with van der Waals surface area (Å²) >= 11 is 0. The zero-order valence-electron chi connectivity index (χ0n) is 14.2. The molecule has 0 unspecified atom stereocenters. The number of hydrogen-bond acceptors (Lipinski definition) is 2. The Balaban J connectivity index is 1.80. The van der Waals surface area contributed by atoms with Crippen LogP contribution in [-0.2, 0) is 11.2 Å². The average molecular weight is 319 g/mol. The van der Waals surface area contributed by atoms with E-state index >= 15 is 0 Å². The molecule has 1 N–H and O–H groups in total. The van der Waals surface area contributed by atoms with Crippen molar-refractivity contribution in [3.63, 3.8) is 0 Å². The number of rotatable bonds is 4. The predicted molar refractivity (Wildman–Crippen MR) is 96.6 cm³/mol. The molecule has 4 heteroatoms. The van der Waals surface area contributed by atoms with E-state index in [1.165, 1.54) is 0 Å². The Labute approximate surface area is 142 Å². The fourth-order valence-corrected chi connectivity index (χ4v) is 2.84. The van der Waals surface area contributed by atoms with Gasteiger partial charge < -0.3 is 5.32 Å². The van der Waals surface area contributed by atoms with Gasteiger partial charge >= 0.3 is 0 Å². The summed E-state index contributed by atoms with van der Waals surface area (Å²) in [6.07, 6.45) is 0.318. The third-order valence-electron chi connectivity index (χ3n) is 4.08. The van der Waals surface area contributed by atoms with Crippen LogP contribution in [0.4, 0.5) is 5.69 Å². The van der Waals surface area contributed by atoms with E-state index in [0.717, 1.165) is 33.9 Å². The van der Waals surface area contributed by atoms with Crippen LogP contribution in [0.2, 0.25) is 0 Å². The lowest BCUT2D eigenvalue weighted by atomic mass is 10.1. The third-order valence-corrected chi connectivity index (χ3v) is 4.08. The lowest BCUT2D eigenvalue weighted by Gasteiger charge is -2.07. The fraction of sp³-hybridized carbons (Fsp3) is 0.200. The largest absolute Gasteiger partial charge is 0.326 e. The van der Waals surface area contributed by atoms with E-state index in [9.17, 15) is 4.79 Å². The summed E-state index contributed by atoms with van der Waals surface area (Å²) in [4.78, 5) is 12.4. The number of nitrogens with one attached hydrogen (secondary N) is 1. The molecule has 0 atom stereocenters. The maximum absolute atomic E-state index is 12.4. The maximum atomic E-state index is 12.4. The van der Waals surface area contributed by atoms with Gasteiger partial charge in [0.15, 0.2) is 0 Å². The Hall–Kier alpha value is -2.88. The van der Waals surface area contributed by atoms with Crippen LogP contribution in [0, 0.1) is 20.8 Å². The summed E-state index contributed by atoms with van der Waals surface area (Å²) in [6.45, 7) is 5.96. The second-order valence-corrected chi connectivity index (χ2v) is 5.99. The molecule has 0 fully saturated rings. The van der Waals surface area contributed by atoms with Gasteiger partial charge in [0.2, 0.25) is 5.91 Å². The van der Waals surface area contributed by atoms with Crippen molar-refractivity contribution in [2.24, 2.45) is 0 Å². The normalized spacial score (nSPS) is 10.6. The number of carbonyl (C=O) groups excluding carboxylic acids is 1. The highest BCUT2D eigenvalue weighted by atomic mass is 16.1. The third kappa shape index (κ3) is 3.38. The van der Waals surface area contributed by atoms with E-state index in [1.54, 1.807) is 0 Å².